The van der Waals surface area contributed by atoms with Gasteiger partial charge in [-0.2, -0.15) is 0 Å². The Bertz CT molecular complexity index is 333. The number of carbonyl (C=O) groups excluding carboxylic acids is 2. The highest BCUT2D eigenvalue weighted by atomic mass is 16.5. The van der Waals surface area contributed by atoms with E-state index in [1.807, 2.05) is 30.3 Å². The van der Waals surface area contributed by atoms with E-state index in [2.05, 4.69) is 4.74 Å². The Balaban J connectivity index is 2.07. The molecule has 0 N–H and O–H groups in total. The van der Waals surface area contributed by atoms with Crippen LogP contribution in [0.1, 0.15) is 42.5 Å². The summed E-state index contributed by atoms with van der Waals surface area (Å²) in [6.07, 6.45) is 4.36. The molecule has 0 aliphatic carbocycles. The second kappa shape index (κ2) is 8.50. The van der Waals surface area contributed by atoms with Crippen LogP contribution in [0.2, 0.25) is 0 Å². The van der Waals surface area contributed by atoms with Crippen molar-refractivity contribution in [2.24, 2.45) is 0 Å². The monoisotopic (exact) mass is 234 g/mol. The maximum absolute atomic E-state index is 11.7. The molecule has 3 heteroatoms. The second-order valence-electron chi connectivity index (χ2n) is 3.92. The van der Waals surface area contributed by atoms with E-state index in [1.54, 1.807) is 0 Å². The molecule has 1 rings (SSSR count). The van der Waals surface area contributed by atoms with Crippen LogP contribution in [0, 0.1) is 0 Å². The molecule has 0 spiro atoms. The van der Waals surface area contributed by atoms with Crippen LogP contribution in [0.3, 0.4) is 0 Å². The van der Waals surface area contributed by atoms with Crippen molar-refractivity contribution in [3.63, 3.8) is 0 Å². The van der Waals surface area contributed by atoms with Crippen LogP contribution in [0.25, 0.3) is 0 Å². The molecule has 0 aliphatic heterocycles. The van der Waals surface area contributed by atoms with Gasteiger partial charge in [-0.15, -0.1) is 0 Å². The van der Waals surface area contributed by atoms with Crippen molar-refractivity contribution in [1.82, 2.24) is 0 Å². The van der Waals surface area contributed by atoms with Gasteiger partial charge in [-0.3, -0.25) is 9.59 Å². The van der Waals surface area contributed by atoms with E-state index in [1.165, 1.54) is 0 Å². The first kappa shape index (κ1) is 13.4. The van der Waals surface area contributed by atoms with Gasteiger partial charge in [0.15, 0.2) is 5.78 Å². The minimum absolute atomic E-state index is 0.203. The number of ketones is 1. The van der Waals surface area contributed by atoms with Crippen LogP contribution < -0.4 is 0 Å². The summed E-state index contributed by atoms with van der Waals surface area (Å²) in [6, 6.07) is 9.36. The van der Waals surface area contributed by atoms with Crippen molar-refractivity contribution in [2.45, 2.75) is 32.1 Å². The summed E-state index contributed by atoms with van der Waals surface area (Å²) in [5.41, 5.74) is 0.789. The van der Waals surface area contributed by atoms with E-state index < -0.39 is 0 Å². The van der Waals surface area contributed by atoms with Gasteiger partial charge < -0.3 is 4.74 Å². The predicted molar refractivity (Wildman–Crippen MR) is 65.9 cm³/mol. The van der Waals surface area contributed by atoms with E-state index in [9.17, 15) is 9.59 Å². The minimum Gasteiger partial charge on any atom is -0.468 e. The molecule has 17 heavy (non-hydrogen) atoms. The molecule has 0 heterocycles. The Morgan fingerprint density at radius 1 is 1.06 bits per heavy atom. The lowest BCUT2D eigenvalue weighted by atomic mass is 10.0. The Morgan fingerprint density at radius 3 is 2.47 bits per heavy atom. The highest BCUT2D eigenvalue weighted by Crippen LogP contribution is 2.08. The number of ether oxygens (including phenoxy) is 1. The van der Waals surface area contributed by atoms with Gasteiger partial charge in [0.05, 0.1) is 6.61 Å². The zero-order valence-electron chi connectivity index (χ0n) is 9.93. The van der Waals surface area contributed by atoms with Crippen molar-refractivity contribution < 1.29 is 14.3 Å². The summed E-state index contributed by atoms with van der Waals surface area (Å²) >= 11 is 0. The molecule has 0 bridgehead atoms. The fraction of sp³-hybridized carbons (Fsp3) is 0.429. The quantitative estimate of drug-likeness (QED) is 0.375. The summed E-state index contributed by atoms with van der Waals surface area (Å²) in [5.74, 6) is 0.203. The van der Waals surface area contributed by atoms with Crippen LogP contribution in [0.5, 0.6) is 0 Å². The third kappa shape index (κ3) is 5.85. The Kier molecular flexibility index (Phi) is 6.72. The second-order valence-corrected chi connectivity index (χ2v) is 3.92. The lowest BCUT2D eigenvalue weighted by molar-refractivity contribution is -0.128. The van der Waals surface area contributed by atoms with E-state index >= 15 is 0 Å². The maximum atomic E-state index is 11.7. The summed E-state index contributed by atoms with van der Waals surface area (Å²) < 4.78 is 4.58. The molecule has 0 atom stereocenters. The number of hydrogen-bond donors (Lipinski definition) is 0. The molecule has 0 radical (unpaired) electrons. The Labute approximate surface area is 102 Å². The Hall–Kier alpha value is -1.64. The molecule has 0 saturated carbocycles. The first-order chi connectivity index (χ1) is 8.34. The summed E-state index contributed by atoms with van der Waals surface area (Å²) in [6.45, 7) is 0.953. The van der Waals surface area contributed by atoms with Crippen LogP contribution in [-0.4, -0.2) is 18.9 Å². The first-order valence-electron chi connectivity index (χ1n) is 5.98. The van der Waals surface area contributed by atoms with Gasteiger partial charge in [-0.05, 0) is 12.8 Å². The number of rotatable bonds is 9. The van der Waals surface area contributed by atoms with E-state index in [4.69, 9.17) is 0 Å². The van der Waals surface area contributed by atoms with Crippen molar-refractivity contribution in [3.05, 3.63) is 35.9 Å². The van der Waals surface area contributed by atoms with Crippen LogP contribution in [0.4, 0.5) is 0 Å². The maximum Gasteiger partial charge on any atom is 0.293 e. The van der Waals surface area contributed by atoms with Gasteiger partial charge in [-0.1, -0.05) is 43.2 Å². The minimum atomic E-state index is 0.203. The lowest BCUT2D eigenvalue weighted by Gasteiger charge is -2.01. The van der Waals surface area contributed by atoms with Crippen LogP contribution in [0.15, 0.2) is 30.3 Å². The number of hydrogen-bond acceptors (Lipinski definition) is 3. The Morgan fingerprint density at radius 2 is 1.76 bits per heavy atom. The van der Waals surface area contributed by atoms with E-state index in [0.717, 1.165) is 31.2 Å². The molecule has 0 aromatic heterocycles. The molecule has 3 nitrogen and oxygen atoms in total. The molecular weight excluding hydrogens is 216 g/mol. The molecule has 1 aromatic carbocycles. The molecular formula is C14H18O3. The van der Waals surface area contributed by atoms with Gasteiger partial charge in [0.2, 0.25) is 0 Å². The van der Waals surface area contributed by atoms with Crippen molar-refractivity contribution in [3.8, 4) is 0 Å². The number of carbonyl (C=O) groups is 2. The molecule has 0 saturated heterocycles. The highest BCUT2D eigenvalue weighted by Gasteiger charge is 2.03. The van der Waals surface area contributed by atoms with Gasteiger partial charge in [0.25, 0.3) is 6.47 Å². The number of unbranched alkanes of at least 4 members (excludes halogenated alkanes) is 3. The van der Waals surface area contributed by atoms with Gasteiger partial charge >= 0.3 is 0 Å². The van der Waals surface area contributed by atoms with Gasteiger partial charge in [-0.25, -0.2) is 0 Å². The summed E-state index contributed by atoms with van der Waals surface area (Å²) in [7, 11) is 0. The lowest BCUT2D eigenvalue weighted by Crippen LogP contribution is -1.98. The standard InChI is InChI=1S/C14H18O3/c15-12-17-11-7-2-1-6-10-14(16)13-8-4-3-5-9-13/h3-5,8-9,12H,1-2,6-7,10-11H2. The normalized spacial score (nSPS) is 9.88. The van der Waals surface area contributed by atoms with Gasteiger partial charge in [0.1, 0.15) is 0 Å². The van der Waals surface area contributed by atoms with Gasteiger partial charge in [0, 0.05) is 12.0 Å². The third-order valence-electron chi connectivity index (χ3n) is 2.58. The SMILES string of the molecule is O=COCCCCCCC(=O)c1ccccc1. The zero-order chi connectivity index (χ0) is 12.3. The smallest absolute Gasteiger partial charge is 0.293 e. The first-order valence-corrected chi connectivity index (χ1v) is 5.98. The average molecular weight is 234 g/mol. The van der Waals surface area contributed by atoms with E-state index in [-0.39, 0.29) is 5.78 Å². The van der Waals surface area contributed by atoms with Crippen LogP contribution >= 0.6 is 0 Å². The van der Waals surface area contributed by atoms with Crippen molar-refractivity contribution in [1.29, 1.82) is 0 Å². The van der Waals surface area contributed by atoms with E-state index in [0.29, 0.717) is 19.5 Å². The molecule has 0 unspecified atom stereocenters. The molecule has 0 fully saturated rings. The predicted octanol–water partition coefficient (Wildman–Crippen LogP) is 2.99. The third-order valence-corrected chi connectivity index (χ3v) is 2.58. The largest absolute Gasteiger partial charge is 0.468 e. The summed E-state index contributed by atoms with van der Waals surface area (Å²) in [4.78, 5) is 21.6. The molecule has 0 amide bonds. The molecule has 92 valence electrons. The molecule has 1 aromatic rings. The molecule has 0 aliphatic rings. The fourth-order valence-electron chi connectivity index (χ4n) is 1.64. The highest BCUT2D eigenvalue weighted by molar-refractivity contribution is 5.95. The number of Topliss-reactive ketones (excluding diaryl/α,β-unsaturated/α-hetero) is 1. The topological polar surface area (TPSA) is 43.4 Å². The summed E-state index contributed by atoms with van der Waals surface area (Å²) in [5, 5.41) is 0. The van der Waals surface area contributed by atoms with Crippen molar-refractivity contribution >= 4 is 12.3 Å². The number of benzene rings is 1. The van der Waals surface area contributed by atoms with Crippen molar-refractivity contribution in [2.75, 3.05) is 6.61 Å². The average Bonchev–Trinajstić information content (AvgIpc) is 2.38. The fourth-order valence-corrected chi connectivity index (χ4v) is 1.64. The van der Waals surface area contributed by atoms with Crippen LogP contribution in [-0.2, 0) is 9.53 Å². The zero-order valence-corrected chi connectivity index (χ0v) is 9.93.